The minimum absolute atomic E-state index is 0.0937. The van der Waals surface area contributed by atoms with Gasteiger partial charge in [-0.3, -0.25) is 9.59 Å². The number of carbonyl (C=O) groups excluding carboxylic acids is 2. The van der Waals surface area contributed by atoms with Crippen LogP contribution in [0.25, 0.3) is 0 Å². The Balaban J connectivity index is 1.88. The largest absolute Gasteiger partial charge is 0.394 e. The summed E-state index contributed by atoms with van der Waals surface area (Å²) in [4.78, 5) is 23.0. The van der Waals surface area contributed by atoms with Gasteiger partial charge in [-0.1, -0.05) is 30.3 Å². The first-order valence-electron chi connectivity index (χ1n) is 6.43. The minimum Gasteiger partial charge on any atom is -0.394 e. The molecule has 2 amide bonds. The number of hydrogen-bond donors (Lipinski definition) is 3. The van der Waals surface area contributed by atoms with E-state index in [4.69, 9.17) is 0 Å². The highest BCUT2D eigenvalue weighted by atomic mass is 16.3. The van der Waals surface area contributed by atoms with Crippen LogP contribution in [0.4, 0.5) is 0 Å². The van der Waals surface area contributed by atoms with E-state index in [-0.39, 0.29) is 24.5 Å². The van der Waals surface area contributed by atoms with Crippen molar-refractivity contribution in [1.29, 1.82) is 0 Å². The lowest BCUT2D eigenvalue weighted by Gasteiger charge is -2.19. The third-order valence-corrected chi connectivity index (χ3v) is 3.20. The Labute approximate surface area is 112 Å². The fraction of sp³-hybridized carbons (Fsp3) is 0.429. The van der Waals surface area contributed by atoms with Gasteiger partial charge in [-0.25, -0.2) is 0 Å². The van der Waals surface area contributed by atoms with Crippen LogP contribution in [0, 0.1) is 0 Å². The standard InChI is InChI=1S/C14H18N2O3/c17-9-11(8-10-4-2-1-3-5-10)15-14(19)12-6-7-13(18)16-12/h1-5,11-12,17H,6-9H2,(H,15,19)(H,16,18)/t11?,12-/m1/s1. The van der Waals surface area contributed by atoms with Crippen molar-refractivity contribution < 1.29 is 14.7 Å². The highest BCUT2D eigenvalue weighted by Gasteiger charge is 2.28. The van der Waals surface area contributed by atoms with Gasteiger partial charge in [0.2, 0.25) is 11.8 Å². The van der Waals surface area contributed by atoms with Crippen LogP contribution in [-0.2, 0) is 16.0 Å². The second-order valence-corrected chi connectivity index (χ2v) is 4.74. The Hall–Kier alpha value is -1.88. The molecule has 0 aromatic heterocycles. The van der Waals surface area contributed by atoms with Crippen molar-refractivity contribution >= 4 is 11.8 Å². The molecule has 0 spiro atoms. The molecule has 102 valence electrons. The maximum Gasteiger partial charge on any atom is 0.242 e. The predicted molar refractivity (Wildman–Crippen MR) is 70.3 cm³/mol. The number of hydrogen-bond acceptors (Lipinski definition) is 3. The number of carbonyl (C=O) groups is 2. The number of aliphatic hydroxyl groups excluding tert-OH is 1. The maximum absolute atomic E-state index is 11.9. The van der Waals surface area contributed by atoms with Crippen LogP contribution in [0.5, 0.6) is 0 Å². The van der Waals surface area contributed by atoms with Crippen LogP contribution in [0.15, 0.2) is 30.3 Å². The maximum atomic E-state index is 11.9. The van der Waals surface area contributed by atoms with Gasteiger partial charge in [0.25, 0.3) is 0 Å². The zero-order valence-corrected chi connectivity index (χ0v) is 10.6. The van der Waals surface area contributed by atoms with Crippen molar-refractivity contribution in [3.05, 3.63) is 35.9 Å². The van der Waals surface area contributed by atoms with Gasteiger partial charge in [-0.15, -0.1) is 0 Å². The third kappa shape index (κ3) is 3.79. The topological polar surface area (TPSA) is 78.4 Å². The molecule has 1 aliphatic heterocycles. The van der Waals surface area contributed by atoms with E-state index in [0.717, 1.165) is 5.56 Å². The molecule has 1 saturated heterocycles. The van der Waals surface area contributed by atoms with Crippen molar-refractivity contribution in [2.75, 3.05) is 6.61 Å². The first-order chi connectivity index (χ1) is 9.19. The molecule has 1 aromatic rings. The molecule has 5 heteroatoms. The average Bonchev–Trinajstić information content (AvgIpc) is 2.86. The summed E-state index contributed by atoms with van der Waals surface area (Å²) in [6.07, 6.45) is 1.48. The van der Waals surface area contributed by atoms with Gasteiger partial charge in [0.05, 0.1) is 12.6 Å². The van der Waals surface area contributed by atoms with Gasteiger partial charge in [0.15, 0.2) is 0 Å². The molecule has 5 nitrogen and oxygen atoms in total. The molecule has 2 atom stereocenters. The lowest BCUT2D eigenvalue weighted by molar-refractivity contribution is -0.126. The Morgan fingerprint density at radius 3 is 2.74 bits per heavy atom. The van der Waals surface area contributed by atoms with Gasteiger partial charge < -0.3 is 15.7 Å². The number of aliphatic hydroxyl groups is 1. The van der Waals surface area contributed by atoms with Gasteiger partial charge >= 0.3 is 0 Å². The SMILES string of the molecule is O=C1CC[C@H](C(=O)NC(CO)Cc2ccccc2)N1. The van der Waals surface area contributed by atoms with Crippen molar-refractivity contribution in [3.63, 3.8) is 0 Å². The summed E-state index contributed by atoms with van der Waals surface area (Å²) in [7, 11) is 0. The molecule has 19 heavy (non-hydrogen) atoms. The summed E-state index contributed by atoms with van der Waals surface area (Å²) >= 11 is 0. The molecule has 1 unspecified atom stereocenters. The molecule has 3 N–H and O–H groups in total. The smallest absolute Gasteiger partial charge is 0.242 e. The first-order valence-corrected chi connectivity index (χ1v) is 6.43. The van der Waals surface area contributed by atoms with E-state index in [0.29, 0.717) is 19.3 Å². The number of amides is 2. The molecule has 1 fully saturated rings. The normalized spacial score (nSPS) is 19.8. The number of rotatable bonds is 5. The van der Waals surface area contributed by atoms with Crippen LogP contribution in [-0.4, -0.2) is 35.6 Å². The van der Waals surface area contributed by atoms with E-state index in [1.807, 2.05) is 30.3 Å². The van der Waals surface area contributed by atoms with E-state index >= 15 is 0 Å². The lowest BCUT2D eigenvalue weighted by Crippen LogP contribution is -2.47. The lowest BCUT2D eigenvalue weighted by atomic mass is 10.1. The molecular formula is C14H18N2O3. The summed E-state index contributed by atoms with van der Waals surface area (Å²) in [6.45, 7) is -0.124. The van der Waals surface area contributed by atoms with Gasteiger partial charge in [0.1, 0.15) is 6.04 Å². The van der Waals surface area contributed by atoms with Crippen LogP contribution < -0.4 is 10.6 Å². The number of nitrogens with one attached hydrogen (secondary N) is 2. The second kappa shape index (κ2) is 6.33. The van der Waals surface area contributed by atoms with Crippen molar-refractivity contribution in [1.82, 2.24) is 10.6 Å². The predicted octanol–water partition coefficient (Wildman–Crippen LogP) is -0.0152. The van der Waals surface area contributed by atoms with Gasteiger partial charge in [-0.05, 0) is 18.4 Å². The zero-order chi connectivity index (χ0) is 13.7. The van der Waals surface area contributed by atoms with E-state index < -0.39 is 6.04 Å². The van der Waals surface area contributed by atoms with E-state index in [9.17, 15) is 14.7 Å². The average molecular weight is 262 g/mol. The van der Waals surface area contributed by atoms with E-state index in [1.54, 1.807) is 0 Å². The number of benzene rings is 1. The van der Waals surface area contributed by atoms with Crippen molar-refractivity contribution in [3.8, 4) is 0 Å². The fourth-order valence-corrected chi connectivity index (χ4v) is 2.17. The fourth-order valence-electron chi connectivity index (χ4n) is 2.17. The monoisotopic (exact) mass is 262 g/mol. The Morgan fingerprint density at radius 2 is 2.16 bits per heavy atom. The highest BCUT2D eigenvalue weighted by Crippen LogP contribution is 2.08. The van der Waals surface area contributed by atoms with Crippen LogP contribution in [0.2, 0.25) is 0 Å². The van der Waals surface area contributed by atoms with Crippen LogP contribution in [0.1, 0.15) is 18.4 Å². The summed E-state index contributed by atoms with van der Waals surface area (Å²) in [6, 6.07) is 8.87. The second-order valence-electron chi connectivity index (χ2n) is 4.74. The molecule has 0 radical (unpaired) electrons. The van der Waals surface area contributed by atoms with E-state index in [1.165, 1.54) is 0 Å². The van der Waals surface area contributed by atoms with Gasteiger partial charge in [0, 0.05) is 6.42 Å². The van der Waals surface area contributed by atoms with E-state index in [2.05, 4.69) is 10.6 Å². The van der Waals surface area contributed by atoms with Crippen LogP contribution >= 0.6 is 0 Å². The third-order valence-electron chi connectivity index (χ3n) is 3.20. The minimum atomic E-state index is -0.461. The zero-order valence-electron chi connectivity index (χ0n) is 10.6. The first kappa shape index (κ1) is 13.5. The highest BCUT2D eigenvalue weighted by molar-refractivity contribution is 5.90. The Kier molecular flexibility index (Phi) is 4.52. The summed E-state index contributed by atoms with van der Waals surface area (Å²) in [5.41, 5.74) is 1.05. The van der Waals surface area contributed by atoms with Gasteiger partial charge in [-0.2, -0.15) is 0 Å². The molecule has 1 aromatic carbocycles. The molecular weight excluding hydrogens is 244 g/mol. The molecule has 0 saturated carbocycles. The van der Waals surface area contributed by atoms with Crippen molar-refractivity contribution in [2.45, 2.75) is 31.3 Å². The quantitative estimate of drug-likeness (QED) is 0.698. The van der Waals surface area contributed by atoms with Crippen LogP contribution in [0.3, 0.4) is 0 Å². The molecule has 1 heterocycles. The molecule has 0 bridgehead atoms. The summed E-state index contributed by atoms with van der Waals surface area (Å²) in [5.74, 6) is -0.315. The Morgan fingerprint density at radius 1 is 1.42 bits per heavy atom. The Bertz CT molecular complexity index is 447. The molecule has 2 rings (SSSR count). The summed E-state index contributed by atoms with van der Waals surface area (Å²) in [5, 5.41) is 14.7. The summed E-state index contributed by atoms with van der Waals surface area (Å²) < 4.78 is 0. The molecule has 0 aliphatic carbocycles. The van der Waals surface area contributed by atoms with Crippen molar-refractivity contribution in [2.24, 2.45) is 0 Å². The molecule has 1 aliphatic rings.